The lowest BCUT2D eigenvalue weighted by Gasteiger charge is -2.27. The lowest BCUT2D eigenvalue weighted by atomic mass is 9.96. The van der Waals surface area contributed by atoms with Gasteiger partial charge in [0.15, 0.2) is 5.82 Å². The average molecular weight is 765 g/mol. The van der Waals surface area contributed by atoms with Crippen LogP contribution in [0, 0.1) is 18.3 Å². The normalized spacial score (nSPS) is 14.7. The van der Waals surface area contributed by atoms with E-state index in [0.29, 0.717) is 51.7 Å². The minimum absolute atomic E-state index is 0.249. The second-order valence-corrected chi connectivity index (χ2v) is 14.9. The third-order valence-electron chi connectivity index (χ3n) is 10.3. The van der Waals surface area contributed by atoms with E-state index in [9.17, 15) is 10.1 Å². The van der Waals surface area contributed by atoms with Gasteiger partial charge in [0.05, 0.1) is 27.0 Å². The van der Waals surface area contributed by atoms with E-state index in [1.807, 2.05) is 61.0 Å². The first-order valence-corrected chi connectivity index (χ1v) is 19.0. The summed E-state index contributed by atoms with van der Waals surface area (Å²) in [6.07, 6.45) is 7.68. The molecule has 2 aliphatic heterocycles. The number of ether oxygens (including phenoxy) is 2. The van der Waals surface area contributed by atoms with Gasteiger partial charge in [-0.3, -0.25) is 14.7 Å². The molecule has 54 heavy (non-hydrogen) atoms. The van der Waals surface area contributed by atoms with Crippen LogP contribution in [-0.2, 0) is 39.8 Å². The maximum Gasteiger partial charge on any atom is 0.291 e. The molecule has 0 bridgehead atoms. The second-order valence-electron chi connectivity index (χ2n) is 14.1. The number of rotatable bonds is 11. The number of carbonyl (C=O) groups is 1. The standard InChI is InChI=1S/C42H43Cl2N7O3/c1-27-30(9-7-10-32(27)33-11-8-12-35(40(33)44)48-42(52)41-47-36-24-49(2)16-13-37(36)50(41)3)26-54-39-19-38(53-25-29-17-28(20-45)21-46-22-29)31(18-34(39)43)23-51-14-5-4-6-15-51/h7-12,17-19,21-22H,4-6,13-16,23-26H2,1-3H3,(H,48,52). The molecule has 12 heteroatoms. The molecule has 7 rings (SSSR count). The topological polar surface area (TPSA) is 109 Å². The molecule has 1 amide bonds. The Morgan fingerprint density at radius 2 is 1.70 bits per heavy atom. The highest BCUT2D eigenvalue weighted by molar-refractivity contribution is 6.36. The smallest absolute Gasteiger partial charge is 0.291 e. The van der Waals surface area contributed by atoms with Crippen molar-refractivity contribution in [3.63, 3.8) is 0 Å². The monoisotopic (exact) mass is 763 g/mol. The lowest BCUT2D eigenvalue weighted by molar-refractivity contribution is 0.101. The second kappa shape index (κ2) is 16.6. The van der Waals surface area contributed by atoms with Crippen molar-refractivity contribution in [1.82, 2.24) is 24.3 Å². The first-order chi connectivity index (χ1) is 26.2. The molecule has 0 unspecified atom stereocenters. The van der Waals surface area contributed by atoms with Gasteiger partial charge in [-0.05, 0) is 74.8 Å². The average Bonchev–Trinajstić information content (AvgIpc) is 3.51. The highest BCUT2D eigenvalue weighted by Crippen LogP contribution is 2.38. The number of benzene rings is 3. The zero-order valence-electron chi connectivity index (χ0n) is 30.8. The van der Waals surface area contributed by atoms with Crippen LogP contribution < -0.4 is 14.8 Å². The Labute approximate surface area is 326 Å². The number of carbonyl (C=O) groups excluding carboxylic acids is 1. The molecule has 10 nitrogen and oxygen atoms in total. The fraction of sp³-hybridized carbons (Fsp3) is 0.333. The summed E-state index contributed by atoms with van der Waals surface area (Å²) in [7, 11) is 3.95. The van der Waals surface area contributed by atoms with Crippen molar-refractivity contribution in [2.75, 3.05) is 32.0 Å². The molecular formula is C42H43Cl2N7O3. The van der Waals surface area contributed by atoms with Crippen LogP contribution in [0.5, 0.6) is 11.5 Å². The number of aromatic nitrogens is 3. The van der Waals surface area contributed by atoms with E-state index in [0.717, 1.165) is 70.8 Å². The van der Waals surface area contributed by atoms with E-state index in [4.69, 9.17) is 32.7 Å². The minimum atomic E-state index is -0.304. The summed E-state index contributed by atoms with van der Waals surface area (Å²) in [5.41, 5.74) is 8.46. The van der Waals surface area contributed by atoms with Gasteiger partial charge >= 0.3 is 0 Å². The number of fused-ring (bicyclic) bond motifs is 1. The number of nitriles is 1. The van der Waals surface area contributed by atoms with Crippen LogP contribution in [0.1, 0.15) is 69.1 Å². The van der Waals surface area contributed by atoms with Crippen LogP contribution in [0.15, 0.2) is 67.0 Å². The van der Waals surface area contributed by atoms with E-state index in [2.05, 4.69) is 38.2 Å². The number of likely N-dealkylation sites (N-methyl/N-ethyl adjacent to an activating group) is 1. The van der Waals surface area contributed by atoms with Crippen molar-refractivity contribution < 1.29 is 14.3 Å². The molecule has 0 aliphatic carbocycles. The van der Waals surface area contributed by atoms with Crippen molar-refractivity contribution in [1.29, 1.82) is 5.26 Å². The number of halogens is 2. The Kier molecular flexibility index (Phi) is 11.5. The van der Waals surface area contributed by atoms with Gasteiger partial charge in [-0.2, -0.15) is 5.26 Å². The number of nitrogens with one attached hydrogen (secondary N) is 1. The molecule has 4 heterocycles. The van der Waals surface area contributed by atoms with E-state index in [1.165, 1.54) is 25.5 Å². The predicted octanol–water partition coefficient (Wildman–Crippen LogP) is 8.35. The van der Waals surface area contributed by atoms with Gasteiger partial charge in [0, 0.05) is 73.9 Å². The Balaban J connectivity index is 1.10. The van der Waals surface area contributed by atoms with Gasteiger partial charge in [0.1, 0.15) is 30.8 Å². The zero-order valence-corrected chi connectivity index (χ0v) is 32.3. The van der Waals surface area contributed by atoms with Crippen LogP contribution in [-0.4, -0.2) is 56.9 Å². The lowest BCUT2D eigenvalue weighted by Crippen LogP contribution is -2.29. The number of pyridine rings is 1. The Hall–Kier alpha value is -4.92. The van der Waals surface area contributed by atoms with Crippen molar-refractivity contribution in [2.24, 2.45) is 7.05 Å². The van der Waals surface area contributed by atoms with E-state index >= 15 is 0 Å². The highest BCUT2D eigenvalue weighted by Gasteiger charge is 2.25. The van der Waals surface area contributed by atoms with E-state index < -0.39 is 0 Å². The van der Waals surface area contributed by atoms with Crippen molar-refractivity contribution in [2.45, 2.75) is 58.9 Å². The van der Waals surface area contributed by atoms with Crippen molar-refractivity contribution in [3.8, 4) is 28.7 Å². The molecule has 3 aromatic carbocycles. The number of likely N-dealkylation sites (tertiary alicyclic amines) is 1. The summed E-state index contributed by atoms with van der Waals surface area (Å²) in [5.74, 6) is 1.25. The fourth-order valence-corrected chi connectivity index (χ4v) is 7.77. The van der Waals surface area contributed by atoms with Gasteiger partial charge in [0.25, 0.3) is 5.91 Å². The quantitative estimate of drug-likeness (QED) is 0.143. The molecular weight excluding hydrogens is 721 g/mol. The summed E-state index contributed by atoms with van der Waals surface area (Å²) < 4.78 is 14.6. The van der Waals surface area contributed by atoms with Crippen LogP contribution in [0.25, 0.3) is 11.1 Å². The molecule has 2 aromatic heterocycles. The SMILES string of the molecule is Cc1c(COc2cc(OCc3cncc(C#N)c3)c(CN3CCCCC3)cc2Cl)cccc1-c1cccc(NC(=O)c2nc3c(n2C)CCN(C)C3)c1Cl. The summed E-state index contributed by atoms with van der Waals surface area (Å²) >= 11 is 13.9. The van der Waals surface area contributed by atoms with Crippen molar-refractivity contribution in [3.05, 3.63) is 122 Å². The number of hydrogen-bond donors (Lipinski definition) is 1. The van der Waals surface area contributed by atoms with Crippen LogP contribution in [0.3, 0.4) is 0 Å². The van der Waals surface area contributed by atoms with Crippen LogP contribution >= 0.6 is 23.2 Å². The highest BCUT2D eigenvalue weighted by atomic mass is 35.5. The molecule has 2 aliphatic rings. The van der Waals surface area contributed by atoms with Gasteiger partial charge in [-0.1, -0.05) is 60.0 Å². The number of anilines is 1. The molecule has 0 radical (unpaired) electrons. The van der Waals surface area contributed by atoms with E-state index in [1.54, 1.807) is 18.3 Å². The van der Waals surface area contributed by atoms with Crippen LogP contribution in [0.4, 0.5) is 5.69 Å². The zero-order chi connectivity index (χ0) is 37.8. The van der Waals surface area contributed by atoms with Crippen molar-refractivity contribution >= 4 is 34.8 Å². The molecule has 5 aromatic rings. The number of amides is 1. The first-order valence-electron chi connectivity index (χ1n) is 18.2. The largest absolute Gasteiger partial charge is 0.488 e. The molecule has 0 spiro atoms. The molecule has 1 fully saturated rings. The first kappa shape index (κ1) is 37.4. The number of nitrogens with zero attached hydrogens (tertiary/aromatic N) is 6. The maximum atomic E-state index is 13.5. The van der Waals surface area contributed by atoms with Gasteiger partial charge < -0.3 is 24.3 Å². The molecule has 0 saturated carbocycles. The van der Waals surface area contributed by atoms with E-state index in [-0.39, 0.29) is 19.1 Å². The Morgan fingerprint density at radius 1 is 0.926 bits per heavy atom. The summed E-state index contributed by atoms with van der Waals surface area (Å²) in [5, 5.41) is 13.3. The Bertz CT molecular complexity index is 2220. The number of imidazole rings is 1. The number of hydrogen-bond acceptors (Lipinski definition) is 8. The summed E-state index contributed by atoms with van der Waals surface area (Å²) in [6.45, 7) is 6.96. The summed E-state index contributed by atoms with van der Waals surface area (Å²) in [4.78, 5) is 26.9. The maximum absolute atomic E-state index is 13.5. The van der Waals surface area contributed by atoms with Gasteiger partial charge in [-0.25, -0.2) is 4.98 Å². The summed E-state index contributed by atoms with van der Waals surface area (Å²) in [6, 6.07) is 19.4. The number of piperidine rings is 1. The molecule has 278 valence electrons. The molecule has 0 atom stereocenters. The third kappa shape index (κ3) is 8.25. The predicted molar refractivity (Wildman–Crippen MR) is 211 cm³/mol. The molecule has 1 N–H and O–H groups in total. The van der Waals surface area contributed by atoms with Crippen LogP contribution in [0.2, 0.25) is 10.0 Å². The fourth-order valence-electron chi connectivity index (χ4n) is 7.26. The Morgan fingerprint density at radius 3 is 2.52 bits per heavy atom. The molecule has 1 saturated heterocycles. The minimum Gasteiger partial charge on any atom is -0.488 e. The third-order valence-corrected chi connectivity index (χ3v) is 11.0. The van der Waals surface area contributed by atoms with Gasteiger partial charge in [0.2, 0.25) is 0 Å². The van der Waals surface area contributed by atoms with Gasteiger partial charge in [-0.15, -0.1) is 0 Å².